The minimum atomic E-state index is -0.153. The molecule has 0 fully saturated rings. The molecule has 0 atom stereocenters. The van der Waals surface area contributed by atoms with Crippen LogP contribution in [0.5, 0.6) is 5.95 Å². The largest absolute Gasteiger partial charge is 0.540 e. The fraction of sp³-hybridized carbons (Fsp3) is 0.571. The van der Waals surface area contributed by atoms with E-state index in [4.69, 9.17) is 4.42 Å². The molecule has 0 radical (unpaired) electrons. The van der Waals surface area contributed by atoms with E-state index >= 15 is 0 Å². The predicted octanol–water partition coefficient (Wildman–Crippen LogP) is -0.0230. The molecule has 0 aromatic carbocycles. The third kappa shape index (κ3) is 0.701. The zero-order chi connectivity index (χ0) is 6.97. The molecule has 2 heterocycles. The second-order valence-electron chi connectivity index (χ2n) is 2.61. The van der Waals surface area contributed by atoms with E-state index in [1.165, 1.54) is 6.39 Å². The summed E-state index contributed by atoms with van der Waals surface area (Å²) in [4.78, 5) is 0. The van der Waals surface area contributed by atoms with Crippen LogP contribution in [0.4, 0.5) is 0 Å². The average Bonchev–Trinajstić information content (AvgIpc) is 2.34. The molecule has 0 bridgehead atoms. The van der Waals surface area contributed by atoms with Crippen LogP contribution < -0.4 is 9.67 Å². The molecule has 0 amide bonds. The van der Waals surface area contributed by atoms with Crippen LogP contribution in [0.15, 0.2) is 10.8 Å². The fourth-order valence-corrected chi connectivity index (χ4v) is 1.37. The normalized spacial score (nSPS) is 16.8. The van der Waals surface area contributed by atoms with E-state index < -0.39 is 0 Å². The number of hydrogen-bond donors (Lipinski definition) is 0. The van der Waals surface area contributed by atoms with E-state index in [0.717, 1.165) is 31.5 Å². The molecule has 0 saturated heterocycles. The SMILES string of the molecule is [O-]c1oc[n+]2c1CCCC2. The molecule has 0 saturated carbocycles. The van der Waals surface area contributed by atoms with Crippen LogP contribution in [0.1, 0.15) is 18.5 Å². The minimum absolute atomic E-state index is 0.153. The summed E-state index contributed by atoms with van der Waals surface area (Å²) in [7, 11) is 0. The van der Waals surface area contributed by atoms with E-state index in [1.54, 1.807) is 0 Å². The number of fused-ring (bicyclic) bond motifs is 1. The van der Waals surface area contributed by atoms with Crippen molar-refractivity contribution in [2.45, 2.75) is 25.8 Å². The Morgan fingerprint density at radius 1 is 1.50 bits per heavy atom. The molecule has 0 spiro atoms. The number of aryl methyl sites for hydroxylation is 1. The van der Waals surface area contributed by atoms with Crippen molar-refractivity contribution < 1.29 is 14.1 Å². The molecule has 2 rings (SSSR count). The van der Waals surface area contributed by atoms with Gasteiger partial charge in [-0.05, 0) is 6.42 Å². The number of aromatic nitrogens is 1. The highest BCUT2D eigenvalue weighted by atomic mass is 16.5. The van der Waals surface area contributed by atoms with Crippen molar-refractivity contribution >= 4 is 0 Å². The first kappa shape index (κ1) is 5.77. The summed E-state index contributed by atoms with van der Waals surface area (Å²) in [5.74, 6) is -0.153. The van der Waals surface area contributed by atoms with Crippen molar-refractivity contribution in [2.75, 3.05) is 0 Å². The second-order valence-corrected chi connectivity index (χ2v) is 2.61. The lowest BCUT2D eigenvalue weighted by Crippen LogP contribution is -2.38. The Hall–Kier alpha value is -0.990. The molecule has 3 heteroatoms. The van der Waals surface area contributed by atoms with Crippen LogP contribution in [0.3, 0.4) is 0 Å². The van der Waals surface area contributed by atoms with Crippen molar-refractivity contribution in [1.82, 2.24) is 0 Å². The van der Waals surface area contributed by atoms with Crippen LogP contribution in [-0.4, -0.2) is 0 Å². The molecule has 0 N–H and O–H groups in total. The average molecular weight is 139 g/mol. The smallest absolute Gasteiger partial charge is 0.223 e. The number of oxazole rings is 1. The summed E-state index contributed by atoms with van der Waals surface area (Å²) in [5.41, 5.74) is 0.839. The molecular formula is C7H9NO2. The summed E-state index contributed by atoms with van der Waals surface area (Å²) < 4.78 is 6.63. The van der Waals surface area contributed by atoms with Crippen molar-refractivity contribution in [3.05, 3.63) is 12.1 Å². The van der Waals surface area contributed by atoms with Gasteiger partial charge in [0.25, 0.3) is 0 Å². The Morgan fingerprint density at radius 3 is 3.20 bits per heavy atom. The first-order chi connectivity index (χ1) is 4.88. The van der Waals surface area contributed by atoms with Gasteiger partial charge in [0.1, 0.15) is 12.5 Å². The maximum atomic E-state index is 10.9. The Kier molecular flexibility index (Phi) is 1.16. The van der Waals surface area contributed by atoms with Gasteiger partial charge in [0.05, 0.1) is 0 Å². The van der Waals surface area contributed by atoms with Gasteiger partial charge in [-0.3, -0.25) is 0 Å². The molecule has 1 aliphatic heterocycles. The molecule has 1 aromatic heterocycles. The molecule has 1 aromatic rings. The van der Waals surface area contributed by atoms with Crippen LogP contribution in [-0.2, 0) is 13.0 Å². The van der Waals surface area contributed by atoms with Crippen LogP contribution in [0, 0.1) is 0 Å². The lowest BCUT2D eigenvalue weighted by Gasteiger charge is -2.05. The monoisotopic (exact) mass is 139 g/mol. The zero-order valence-corrected chi connectivity index (χ0v) is 5.67. The molecule has 0 aliphatic carbocycles. The molecule has 1 aliphatic rings. The van der Waals surface area contributed by atoms with Gasteiger partial charge in [0.15, 0.2) is 0 Å². The van der Waals surface area contributed by atoms with E-state index in [0.29, 0.717) is 0 Å². The highest BCUT2D eigenvalue weighted by Crippen LogP contribution is 2.15. The van der Waals surface area contributed by atoms with E-state index in [9.17, 15) is 5.11 Å². The van der Waals surface area contributed by atoms with Gasteiger partial charge >= 0.3 is 0 Å². The molecule has 10 heavy (non-hydrogen) atoms. The van der Waals surface area contributed by atoms with Gasteiger partial charge in [-0.15, -0.1) is 0 Å². The standard InChI is InChI=1S/C7H9NO2/c9-7-6-3-1-2-4-8(6)5-10-7/h5H,1-4H2. The van der Waals surface area contributed by atoms with Crippen LogP contribution in [0.2, 0.25) is 0 Å². The molecule has 0 unspecified atom stereocenters. The van der Waals surface area contributed by atoms with Gasteiger partial charge in [-0.1, -0.05) is 0 Å². The summed E-state index contributed by atoms with van der Waals surface area (Å²) in [6.45, 7) is 0.946. The maximum absolute atomic E-state index is 10.9. The minimum Gasteiger partial charge on any atom is -0.540 e. The van der Waals surface area contributed by atoms with Crippen molar-refractivity contribution in [3.63, 3.8) is 0 Å². The van der Waals surface area contributed by atoms with E-state index in [2.05, 4.69) is 0 Å². The lowest BCUT2D eigenvalue weighted by molar-refractivity contribution is -0.712. The van der Waals surface area contributed by atoms with Crippen molar-refractivity contribution in [2.24, 2.45) is 0 Å². The van der Waals surface area contributed by atoms with E-state index in [1.807, 2.05) is 4.57 Å². The number of hydrogen-bond acceptors (Lipinski definition) is 2. The summed E-state index contributed by atoms with van der Waals surface area (Å²) in [6, 6.07) is 0. The highest BCUT2D eigenvalue weighted by molar-refractivity contribution is 5.04. The van der Waals surface area contributed by atoms with Crippen molar-refractivity contribution in [3.8, 4) is 5.95 Å². The van der Waals surface area contributed by atoms with Crippen LogP contribution in [0.25, 0.3) is 0 Å². The number of nitrogens with zero attached hydrogens (tertiary/aromatic N) is 1. The Bertz CT molecular complexity index is 242. The highest BCUT2D eigenvalue weighted by Gasteiger charge is 2.17. The first-order valence-electron chi connectivity index (χ1n) is 3.55. The fourth-order valence-electron chi connectivity index (χ4n) is 1.37. The van der Waals surface area contributed by atoms with Gasteiger partial charge in [0.2, 0.25) is 12.1 Å². The lowest BCUT2D eigenvalue weighted by atomic mass is 10.1. The van der Waals surface area contributed by atoms with Crippen LogP contribution >= 0.6 is 0 Å². The molecule has 54 valence electrons. The summed E-state index contributed by atoms with van der Waals surface area (Å²) in [5, 5.41) is 10.9. The second kappa shape index (κ2) is 2.01. The Balaban J connectivity index is 2.45. The first-order valence-corrected chi connectivity index (χ1v) is 3.55. The van der Waals surface area contributed by atoms with Gasteiger partial charge in [0, 0.05) is 12.8 Å². The Labute approximate surface area is 58.9 Å². The molecule has 3 nitrogen and oxygen atoms in total. The molecular weight excluding hydrogens is 130 g/mol. The van der Waals surface area contributed by atoms with Gasteiger partial charge in [-0.2, -0.15) is 4.57 Å². The quantitative estimate of drug-likeness (QED) is 0.474. The number of rotatable bonds is 0. The topological polar surface area (TPSA) is 40.1 Å². The zero-order valence-electron chi connectivity index (χ0n) is 5.67. The Morgan fingerprint density at radius 2 is 2.40 bits per heavy atom. The van der Waals surface area contributed by atoms with Gasteiger partial charge < -0.3 is 9.52 Å². The predicted molar refractivity (Wildman–Crippen MR) is 31.3 cm³/mol. The third-order valence-electron chi connectivity index (χ3n) is 1.93. The summed E-state index contributed by atoms with van der Waals surface area (Å²) in [6.07, 6.45) is 4.69. The van der Waals surface area contributed by atoms with Crippen molar-refractivity contribution in [1.29, 1.82) is 0 Å². The summed E-state index contributed by atoms with van der Waals surface area (Å²) >= 11 is 0. The van der Waals surface area contributed by atoms with E-state index in [-0.39, 0.29) is 5.95 Å². The van der Waals surface area contributed by atoms with Gasteiger partial charge in [-0.25, -0.2) is 0 Å². The third-order valence-corrected chi connectivity index (χ3v) is 1.93. The maximum Gasteiger partial charge on any atom is 0.223 e.